The first-order valence-corrected chi connectivity index (χ1v) is 9.15. The van der Waals surface area contributed by atoms with Crippen LogP contribution in [0.4, 0.5) is 0 Å². The second kappa shape index (κ2) is 8.16. The molecule has 0 saturated carbocycles. The third kappa shape index (κ3) is 4.12. The summed E-state index contributed by atoms with van der Waals surface area (Å²) < 4.78 is 3.01. The van der Waals surface area contributed by atoms with Gasteiger partial charge in [-0.1, -0.05) is 47.2 Å². The molecule has 0 radical (unpaired) electrons. The summed E-state index contributed by atoms with van der Waals surface area (Å²) in [5.74, 6) is -0.585. The number of nitrogens with one attached hydrogen (secondary N) is 2. The van der Waals surface area contributed by atoms with E-state index in [4.69, 9.17) is 11.6 Å². The largest absolute Gasteiger partial charge is 0.351 e. The average molecular weight is 389 g/mol. The van der Waals surface area contributed by atoms with Gasteiger partial charge in [0.25, 0.3) is 5.91 Å². The molecular formula is C18H17ClN4O2S. The molecule has 0 spiro atoms. The van der Waals surface area contributed by atoms with Crippen LogP contribution in [-0.2, 0) is 11.8 Å². The van der Waals surface area contributed by atoms with Gasteiger partial charge in [0.05, 0.1) is 20.8 Å². The first-order chi connectivity index (χ1) is 12.6. The van der Waals surface area contributed by atoms with Gasteiger partial charge in [0.1, 0.15) is 0 Å². The molecule has 1 heterocycles. The van der Waals surface area contributed by atoms with Crippen molar-refractivity contribution in [1.29, 1.82) is 0 Å². The summed E-state index contributed by atoms with van der Waals surface area (Å²) in [5, 5.41) is 7.21. The number of carbonyl (C=O) groups is 2. The highest BCUT2D eigenvalue weighted by Crippen LogP contribution is 2.15. The lowest BCUT2D eigenvalue weighted by Crippen LogP contribution is -2.30. The van der Waals surface area contributed by atoms with E-state index in [-0.39, 0.29) is 24.8 Å². The van der Waals surface area contributed by atoms with Crippen molar-refractivity contribution in [3.05, 3.63) is 63.9 Å². The zero-order valence-electron chi connectivity index (χ0n) is 14.0. The van der Waals surface area contributed by atoms with Gasteiger partial charge < -0.3 is 9.88 Å². The summed E-state index contributed by atoms with van der Waals surface area (Å²) in [6, 6.07) is 14.7. The van der Waals surface area contributed by atoms with Crippen molar-refractivity contribution >= 4 is 45.0 Å². The topological polar surface area (TPSA) is 75.5 Å². The van der Waals surface area contributed by atoms with Crippen LogP contribution in [0.25, 0.3) is 10.2 Å². The monoisotopic (exact) mass is 388 g/mol. The summed E-state index contributed by atoms with van der Waals surface area (Å²) >= 11 is 7.46. The van der Waals surface area contributed by atoms with Gasteiger partial charge in [-0.05, 0) is 24.3 Å². The number of aryl methyl sites for hydroxylation is 1. The Bertz CT molecular complexity index is 1030. The number of para-hydroxylation sites is 1. The predicted octanol–water partition coefficient (Wildman–Crippen LogP) is 2.65. The summed E-state index contributed by atoms with van der Waals surface area (Å²) in [6.45, 7) is 0.198. The standard InChI is InChI=1S/C18H17ClN4O2S/c1-23-14-8-4-5-9-15(14)26-18(23)22-21-16(24)10-11-20-17(25)12-6-2-3-7-13(12)19/h2-9H,10-11H2,1H3,(H,20,25)(H,21,24). The number of amides is 2. The number of rotatable bonds is 5. The highest BCUT2D eigenvalue weighted by atomic mass is 35.5. The zero-order valence-corrected chi connectivity index (χ0v) is 15.6. The van der Waals surface area contributed by atoms with Gasteiger partial charge in [0, 0.05) is 20.0 Å². The maximum atomic E-state index is 12.0. The number of fused-ring (bicyclic) bond motifs is 1. The molecule has 8 heteroatoms. The number of hydrogen-bond donors (Lipinski definition) is 2. The minimum absolute atomic E-state index is 0.119. The zero-order chi connectivity index (χ0) is 18.5. The molecule has 0 unspecified atom stereocenters. The fourth-order valence-corrected chi connectivity index (χ4v) is 3.59. The van der Waals surface area contributed by atoms with E-state index in [0.717, 1.165) is 10.2 Å². The Kier molecular flexibility index (Phi) is 5.70. The van der Waals surface area contributed by atoms with Crippen molar-refractivity contribution in [3.8, 4) is 0 Å². The Hall–Kier alpha value is -2.64. The van der Waals surface area contributed by atoms with Crippen LogP contribution in [-0.4, -0.2) is 22.9 Å². The van der Waals surface area contributed by atoms with Crippen LogP contribution in [0.5, 0.6) is 0 Å². The van der Waals surface area contributed by atoms with Gasteiger partial charge in [-0.25, -0.2) is 5.43 Å². The summed E-state index contributed by atoms with van der Waals surface area (Å²) in [4.78, 5) is 24.7. The molecule has 134 valence electrons. The molecular weight excluding hydrogens is 372 g/mol. The average Bonchev–Trinajstić information content (AvgIpc) is 2.96. The first-order valence-electron chi connectivity index (χ1n) is 7.96. The number of aromatic nitrogens is 1. The van der Waals surface area contributed by atoms with Crippen molar-refractivity contribution in [2.24, 2.45) is 12.1 Å². The van der Waals surface area contributed by atoms with Crippen LogP contribution in [0.15, 0.2) is 53.6 Å². The van der Waals surface area contributed by atoms with Crippen molar-refractivity contribution < 1.29 is 9.59 Å². The first kappa shape index (κ1) is 18.2. The van der Waals surface area contributed by atoms with Crippen LogP contribution in [0.3, 0.4) is 0 Å². The van der Waals surface area contributed by atoms with Gasteiger partial charge in [-0.3, -0.25) is 9.59 Å². The minimum Gasteiger partial charge on any atom is -0.351 e. The molecule has 1 aromatic heterocycles. The van der Waals surface area contributed by atoms with Gasteiger partial charge >= 0.3 is 0 Å². The van der Waals surface area contributed by atoms with Crippen LogP contribution in [0, 0.1) is 0 Å². The number of thiazole rings is 1. The summed E-state index contributed by atoms with van der Waals surface area (Å²) in [7, 11) is 1.90. The van der Waals surface area contributed by atoms with E-state index in [1.807, 2.05) is 35.9 Å². The molecule has 0 aliphatic carbocycles. The van der Waals surface area contributed by atoms with Crippen LogP contribution < -0.4 is 15.5 Å². The van der Waals surface area contributed by atoms with E-state index in [2.05, 4.69) is 15.8 Å². The van der Waals surface area contributed by atoms with Crippen molar-refractivity contribution in [1.82, 2.24) is 15.3 Å². The molecule has 2 N–H and O–H groups in total. The van der Waals surface area contributed by atoms with Crippen molar-refractivity contribution in [3.63, 3.8) is 0 Å². The van der Waals surface area contributed by atoms with Gasteiger partial charge in [-0.15, -0.1) is 5.10 Å². The van der Waals surface area contributed by atoms with E-state index in [1.165, 1.54) is 11.3 Å². The normalized spacial score (nSPS) is 11.5. The molecule has 0 fully saturated rings. The number of benzene rings is 2. The molecule has 6 nitrogen and oxygen atoms in total. The minimum atomic E-state index is -0.309. The van der Waals surface area contributed by atoms with E-state index in [9.17, 15) is 9.59 Å². The third-order valence-corrected chi connectivity index (χ3v) is 5.19. The Morgan fingerprint density at radius 2 is 1.88 bits per heavy atom. The molecule has 0 saturated heterocycles. The highest BCUT2D eigenvalue weighted by molar-refractivity contribution is 7.16. The van der Waals surface area contributed by atoms with Crippen molar-refractivity contribution in [2.45, 2.75) is 6.42 Å². The van der Waals surface area contributed by atoms with Gasteiger partial charge in [0.2, 0.25) is 10.7 Å². The molecule has 3 rings (SSSR count). The van der Waals surface area contributed by atoms with Crippen LogP contribution in [0.1, 0.15) is 16.8 Å². The second-order valence-corrected chi connectivity index (χ2v) is 6.96. The molecule has 0 aliphatic heterocycles. The smallest absolute Gasteiger partial charge is 0.252 e. The molecule has 26 heavy (non-hydrogen) atoms. The summed E-state index contributed by atoms with van der Waals surface area (Å²) in [5.41, 5.74) is 3.96. The van der Waals surface area contributed by atoms with Gasteiger partial charge in [-0.2, -0.15) is 0 Å². The van der Waals surface area contributed by atoms with E-state index in [1.54, 1.807) is 24.3 Å². The Balaban J connectivity index is 1.55. The maximum Gasteiger partial charge on any atom is 0.252 e. The number of nitrogens with zero attached hydrogens (tertiary/aromatic N) is 2. The quantitative estimate of drug-likeness (QED) is 0.659. The Morgan fingerprint density at radius 3 is 2.65 bits per heavy atom. The lowest BCUT2D eigenvalue weighted by Gasteiger charge is -2.05. The highest BCUT2D eigenvalue weighted by Gasteiger charge is 2.09. The molecule has 2 amide bonds. The number of carbonyl (C=O) groups excluding carboxylic acids is 2. The fraction of sp³-hybridized carbons (Fsp3) is 0.167. The second-order valence-electron chi connectivity index (χ2n) is 5.54. The Labute approximate surface area is 159 Å². The summed E-state index contributed by atoms with van der Waals surface area (Å²) in [6.07, 6.45) is 0.119. The van der Waals surface area contributed by atoms with Crippen LogP contribution >= 0.6 is 22.9 Å². The predicted molar refractivity (Wildman–Crippen MR) is 103 cm³/mol. The van der Waals surface area contributed by atoms with Crippen molar-refractivity contribution in [2.75, 3.05) is 6.54 Å². The molecule has 2 aromatic carbocycles. The third-order valence-electron chi connectivity index (χ3n) is 3.75. The van der Waals surface area contributed by atoms with E-state index >= 15 is 0 Å². The SMILES string of the molecule is Cn1c(=NNC(=O)CCNC(=O)c2ccccc2Cl)sc2ccccc21. The molecule has 0 bridgehead atoms. The lowest BCUT2D eigenvalue weighted by molar-refractivity contribution is -0.121. The number of hydrogen-bond acceptors (Lipinski definition) is 4. The molecule has 0 atom stereocenters. The van der Waals surface area contributed by atoms with E-state index in [0.29, 0.717) is 15.4 Å². The van der Waals surface area contributed by atoms with Crippen LogP contribution in [0.2, 0.25) is 5.02 Å². The number of halogens is 1. The maximum absolute atomic E-state index is 12.0. The lowest BCUT2D eigenvalue weighted by atomic mass is 10.2. The van der Waals surface area contributed by atoms with Gasteiger partial charge in [0.15, 0.2) is 0 Å². The van der Waals surface area contributed by atoms with E-state index < -0.39 is 0 Å². The molecule has 3 aromatic rings. The fourth-order valence-electron chi connectivity index (χ4n) is 2.38. The molecule has 0 aliphatic rings. The Morgan fingerprint density at radius 1 is 1.15 bits per heavy atom.